The van der Waals surface area contributed by atoms with E-state index in [9.17, 15) is 17.4 Å². The maximum Gasteiger partial charge on any atom is 0.490 e. The van der Waals surface area contributed by atoms with Gasteiger partial charge < -0.3 is 4.74 Å². The number of hydrogen-bond acceptors (Lipinski definition) is 2. The van der Waals surface area contributed by atoms with Crippen LogP contribution in [0.25, 0.3) is 11.1 Å². The molecule has 30 heavy (non-hydrogen) atoms. The van der Waals surface area contributed by atoms with E-state index in [1.165, 1.54) is 11.6 Å². The molecular weight excluding hydrogens is 411 g/mol. The molecule has 0 fully saturated rings. The number of benzene rings is 3. The van der Waals surface area contributed by atoms with Gasteiger partial charge in [-0.1, -0.05) is 60.7 Å². The second kappa shape index (κ2) is 8.52. The largest absolute Gasteiger partial charge is 0.493 e. The van der Waals surface area contributed by atoms with Crippen molar-refractivity contribution >= 4 is 16.7 Å². The minimum atomic E-state index is -4.83. The van der Waals surface area contributed by atoms with Crippen LogP contribution in [-0.2, 0) is 23.8 Å². The molecule has 4 rings (SSSR count). The quantitative estimate of drug-likeness (QED) is 0.559. The zero-order valence-electron chi connectivity index (χ0n) is 16.0. The van der Waals surface area contributed by atoms with Crippen molar-refractivity contribution in [2.24, 2.45) is 5.92 Å². The van der Waals surface area contributed by atoms with E-state index >= 15 is 0 Å². The maximum absolute atomic E-state index is 12.7. The van der Waals surface area contributed by atoms with E-state index in [1.54, 1.807) is 18.2 Å². The zero-order valence-corrected chi connectivity index (χ0v) is 16.8. The summed E-state index contributed by atoms with van der Waals surface area (Å²) >= 11 is 0. The van der Waals surface area contributed by atoms with Crippen LogP contribution in [0.1, 0.15) is 11.1 Å². The fraction of sp³-hybridized carbons (Fsp3) is 0.217. The molecule has 0 radical (unpaired) electrons. The van der Waals surface area contributed by atoms with Crippen molar-refractivity contribution < 1.29 is 22.1 Å². The second-order valence-electron chi connectivity index (χ2n) is 7.26. The molecule has 1 unspecified atom stereocenters. The Bertz CT molecular complexity index is 1050. The monoisotopic (exact) mass is 431 g/mol. The van der Waals surface area contributed by atoms with Gasteiger partial charge in [-0.3, -0.25) is 4.72 Å². The zero-order chi connectivity index (χ0) is 21.1. The first-order valence-electron chi connectivity index (χ1n) is 9.54. The molecule has 3 aromatic carbocycles. The van der Waals surface area contributed by atoms with Crippen molar-refractivity contribution in [2.45, 2.75) is 18.3 Å². The van der Waals surface area contributed by atoms with Crippen LogP contribution in [0.5, 0.6) is 5.75 Å². The van der Waals surface area contributed by atoms with Crippen LogP contribution in [-0.4, -0.2) is 16.3 Å². The van der Waals surface area contributed by atoms with E-state index in [0.717, 1.165) is 24.2 Å². The summed E-state index contributed by atoms with van der Waals surface area (Å²) in [5.41, 5.74) is -1.09. The molecule has 3 nitrogen and oxygen atoms in total. The molecular formula is C23H20F3NO2S. The first-order chi connectivity index (χ1) is 14.4. The Morgan fingerprint density at radius 2 is 1.73 bits per heavy atom. The Hall–Kier alpha value is -2.80. The third-order valence-corrected chi connectivity index (χ3v) is 5.89. The van der Waals surface area contributed by atoms with Crippen LogP contribution in [0.3, 0.4) is 0 Å². The predicted octanol–water partition coefficient (Wildman–Crippen LogP) is 5.74. The molecule has 0 aromatic heterocycles. The summed E-state index contributed by atoms with van der Waals surface area (Å²) in [5, 5.41) is 0. The standard InChI is InChI=1S/C23H20F3NO2S/c24-23(25,26)30(28)27-21-9-5-4-8-20(21)18-10-11-19-13-17(15-29-22(19)14-18)12-16-6-2-1-3-7-16/h1-11,14,17,27H,12-13,15H2/t17-,30?/m1/s1. The Balaban J connectivity index is 1.54. The smallest absolute Gasteiger partial charge is 0.490 e. The fourth-order valence-corrected chi connectivity index (χ4v) is 4.16. The molecule has 1 N–H and O–H groups in total. The average molecular weight is 431 g/mol. The highest BCUT2D eigenvalue weighted by atomic mass is 32.2. The molecule has 2 atom stereocenters. The van der Waals surface area contributed by atoms with Crippen LogP contribution in [0.15, 0.2) is 72.8 Å². The lowest BCUT2D eigenvalue weighted by Gasteiger charge is -2.26. The number of rotatable bonds is 5. The number of ether oxygens (including phenoxy) is 1. The van der Waals surface area contributed by atoms with E-state index in [1.807, 2.05) is 36.4 Å². The molecule has 0 aliphatic carbocycles. The van der Waals surface area contributed by atoms with Gasteiger partial charge in [-0.15, -0.1) is 0 Å². The van der Waals surface area contributed by atoms with Crippen molar-refractivity contribution in [2.75, 3.05) is 11.3 Å². The fourth-order valence-electron chi connectivity index (χ4n) is 3.66. The Labute approximate surface area is 175 Å². The van der Waals surface area contributed by atoms with Crippen molar-refractivity contribution in [3.63, 3.8) is 0 Å². The number of nitrogens with one attached hydrogen (secondary N) is 1. The Morgan fingerprint density at radius 1 is 1.00 bits per heavy atom. The lowest BCUT2D eigenvalue weighted by atomic mass is 9.90. The third-order valence-electron chi connectivity index (χ3n) is 5.07. The summed E-state index contributed by atoms with van der Waals surface area (Å²) in [6.07, 6.45) is 1.81. The second-order valence-corrected chi connectivity index (χ2v) is 8.46. The Morgan fingerprint density at radius 3 is 2.50 bits per heavy atom. The van der Waals surface area contributed by atoms with Gasteiger partial charge in [0.05, 0.1) is 12.3 Å². The van der Waals surface area contributed by atoms with E-state index in [-0.39, 0.29) is 5.69 Å². The highest BCUT2D eigenvalue weighted by Gasteiger charge is 2.37. The van der Waals surface area contributed by atoms with Crippen molar-refractivity contribution in [3.8, 4) is 16.9 Å². The van der Waals surface area contributed by atoms with Crippen molar-refractivity contribution in [1.82, 2.24) is 0 Å². The molecule has 0 spiro atoms. The van der Waals surface area contributed by atoms with Gasteiger partial charge in [0.1, 0.15) is 5.75 Å². The summed E-state index contributed by atoms with van der Waals surface area (Å²) in [5.74, 6) is 1.11. The molecule has 0 amide bonds. The number of alkyl halides is 3. The van der Waals surface area contributed by atoms with Gasteiger partial charge in [0.2, 0.25) is 11.0 Å². The topological polar surface area (TPSA) is 38.3 Å². The molecule has 0 saturated carbocycles. The first-order valence-corrected chi connectivity index (χ1v) is 10.7. The summed E-state index contributed by atoms with van der Waals surface area (Å²) in [7, 11) is -3.18. The van der Waals surface area contributed by atoms with Crippen molar-refractivity contribution in [1.29, 1.82) is 0 Å². The van der Waals surface area contributed by atoms with Gasteiger partial charge in [0.25, 0.3) is 0 Å². The SMILES string of the molecule is O=S(Nc1ccccc1-c1ccc2c(c1)OC[C@H](Cc1ccccc1)C2)C(F)(F)F. The van der Waals surface area contributed by atoms with E-state index < -0.39 is 16.5 Å². The number of hydrogen-bond donors (Lipinski definition) is 1. The number of anilines is 1. The summed E-state index contributed by atoms with van der Waals surface area (Å²) in [4.78, 5) is 0. The molecule has 7 heteroatoms. The highest BCUT2D eigenvalue weighted by molar-refractivity contribution is 7.87. The normalized spacial score (nSPS) is 17.0. The first kappa shape index (κ1) is 20.5. The molecule has 3 aromatic rings. The molecule has 0 bridgehead atoms. The summed E-state index contributed by atoms with van der Waals surface area (Å²) in [6.45, 7) is 0.587. The van der Waals surface area contributed by atoms with Crippen LogP contribution in [0, 0.1) is 5.92 Å². The average Bonchev–Trinajstić information content (AvgIpc) is 2.74. The van der Waals surface area contributed by atoms with Gasteiger partial charge in [-0.2, -0.15) is 13.2 Å². The number of fused-ring (bicyclic) bond motifs is 1. The van der Waals surface area contributed by atoms with Crippen LogP contribution in [0.4, 0.5) is 18.9 Å². The number of halogens is 3. The van der Waals surface area contributed by atoms with Gasteiger partial charge in [-0.25, -0.2) is 4.21 Å². The molecule has 1 aliphatic heterocycles. The molecule has 156 valence electrons. The van der Waals surface area contributed by atoms with E-state index in [2.05, 4.69) is 16.9 Å². The van der Waals surface area contributed by atoms with Gasteiger partial charge in [-0.05, 0) is 41.7 Å². The molecule has 1 aliphatic rings. The minimum Gasteiger partial charge on any atom is -0.493 e. The molecule has 1 heterocycles. The predicted molar refractivity (Wildman–Crippen MR) is 113 cm³/mol. The summed E-state index contributed by atoms with van der Waals surface area (Å²) < 4.78 is 57.7. The highest BCUT2D eigenvalue weighted by Crippen LogP contribution is 2.36. The van der Waals surface area contributed by atoms with E-state index in [4.69, 9.17) is 4.74 Å². The summed E-state index contributed by atoms with van der Waals surface area (Å²) in [6, 6.07) is 22.4. The lowest BCUT2D eigenvalue weighted by Crippen LogP contribution is -2.23. The van der Waals surface area contributed by atoms with Crippen molar-refractivity contribution in [3.05, 3.63) is 83.9 Å². The number of para-hydroxylation sites is 1. The lowest BCUT2D eigenvalue weighted by molar-refractivity contribution is -0.0379. The van der Waals surface area contributed by atoms with E-state index in [0.29, 0.717) is 23.7 Å². The maximum atomic E-state index is 12.7. The van der Waals surface area contributed by atoms with Gasteiger partial charge in [0, 0.05) is 11.5 Å². The van der Waals surface area contributed by atoms with Crippen LogP contribution in [0.2, 0.25) is 0 Å². The van der Waals surface area contributed by atoms with Gasteiger partial charge in [0.15, 0.2) is 0 Å². The Kier molecular flexibility index (Phi) is 5.81. The minimum absolute atomic E-state index is 0.158. The molecule has 0 saturated heterocycles. The third kappa shape index (κ3) is 4.67. The van der Waals surface area contributed by atoms with Gasteiger partial charge >= 0.3 is 5.51 Å². The van der Waals surface area contributed by atoms with Crippen LogP contribution >= 0.6 is 0 Å². The van der Waals surface area contributed by atoms with Crippen LogP contribution < -0.4 is 9.46 Å².